The molecule has 0 aliphatic carbocycles. The highest BCUT2D eigenvalue weighted by Crippen LogP contribution is 2.41. The second-order valence-electron chi connectivity index (χ2n) is 5.87. The summed E-state index contributed by atoms with van der Waals surface area (Å²) in [5, 5.41) is 15.7. The van der Waals surface area contributed by atoms with E-state index in [1.807, 2.05) is 30.3 Å². The van der Waals surface area contributed by atoms with Crippen LogP contribution in [0, 0.1) is 10.1 Å². The highest BCUT2D eigenvalue weighted by molar-refractivity contribution is 5.92. The number of carbonyl (C=O) groups is 1. The number of rotatable bonds is 4. The van der Waals surface area contributed by atoms with Crippen LogP contribution in [0.15, 0.2) is 48.5 Å². The largest absolute Gasteiger partial charge is 0.488 e. The van der Waals surface area contributed by atoms with Crippen LogP contribution in [0.3, 0.4) is 0 Å². The molecule has 0 saturated heterocycles. The minimum atomic E-state index is -0.555. The first kappa shape index (κ1) is 16.8. The molecule has 136 valence electrons. The third kappa shape index (κ3) is 2.80. The van der Waals surface area contributed by atoms with Gasteiger partial charge in [-0.15, -0.1) is 0 Å². The van der Waals surface area contributed by atoms with Crippen LogP contribution in [-0.4, -0.2) is 27.3 Å². The number of esters is 1. The Hall–Kier alpha value is -3.68. The first-order chi connectivity index (χ1) is 13.1. The first-order valence-electron chi connectivity index (χ1n) is 8.36. The zero-order chi connectivity index (χ0) is 19.0. The molecule has 0 unspecified atom stereocenters. The van der Waals surface area contributed by atoms with Gasteiger partial charge in [0.1, 0.15) is 12.4 Å². The van der Waals surface area contributed by atoms with Gasteiger partial charge in [0.25, 0.3) is 5.69 Å². The van der Waals surface area contributed by atoms with Crippen molar-refractivity contribution >= 4 is 11.7 Å². The van der Waals surface area contributed by atoms with Crippen molar-refractivity contribution < 1.29 is 19.2 Å². The van der Waals surface area contributed by atoms with E-state index in [0.29, 0.717) is 22.6 Å². The van der Waals surface area contributed by atoms with Gasteiger partial charge < -0.3 is 9.47 Å². The fourth-order valence-corrected chi connectivity index (χ4v) is 3.08. The zero-order valence-electron chi connectivity index (χ0n) is 14.4. The lowest BCUT2D eigenvalue weighted by Gasteiger charge is -2.19. The van der Waals surface area contributed by atoms with E-state index in [9.17, 15) is 14.9 Å². The average molecular weight is 365 g/mol. The molecule has 3 aromatic rings. The van der Waals surface area contributed by atoms with Crippen molar-refractivity contribution in [2.24, 2.45) is 0 Å². The Kier molecular flexibility index (Phi) is 4.08. The summed E-state index contributed by atoms with van der Waals surface area (Å²) in [6.07, 6.45) is 0. The van der Waals surface area contributed by atoms with Crippen molar-refractivity contribution in [1.82, 2.24) is 9.78 Å². The molecule has 0 amide bonds. The van der Waals surface area contributed by atoms with Gasteiger partial charge in [-0.2, -0.15) is 5.10 Å². The fraction of sp³-hybridized carbons (Fsp3) is 0.158. The number of ether oxygens (including phenoxy) is 2. The maximum Gasteiger partial charge on any atom is 0.359 e. The third-order valence-electron chi connectivity index (χ3n) is 4.25. The Labute approximate surface area is 154 Å². The third-order valence-corrected chi connectivity index (χ3v) is 4.25. The van der Waals surface area contributed by atoms with Crippen molar-refractivity contribution in [3.63, 3.8) is 0 Å². The minimum Gasteiger partial charge on any atom is -0.488 e. The van der Waals surface area contributed by atoms with E-state index in [1.165, 1.54) is 12.1 Å². The number of fused-ring (bicyclic) bond motifs is 3. The second-order valence-corrected chi connectivity index (χ2v) is 5.87. The van der Waals surface area contributed by atoms with Gasteiger partial charge in [-0.1, -0.05) is 18.2 Å². The van der Waals surface area contributed by atoms with Crippen LogP contribution in [-0.2, 0) is 11.3 Å². The topological polar surface area (TPSA) is 96.5 Å². The van der Waals surface area contributed by atoms with Gasteiger partial charge in [-0.3, -0.25) is 10.1 Å². The van der Waals surface area contributed by atoms with E-state index in [1.54, 1.807) is 17.7 Å². The standard InChI is InChI=1S/C19H15N3O5/c1-2-26-19(23)17-15-11-27-16-9-8-13(22(24)25)10-14(16)18(15)21(20-17)12-6-4-3-5-7-12/h3-10H,2,11H2,1H3. The molecular formula is C19H15N3O5. The quantitative estimate of drug-likeness (QED) is 0.399. The fourth-order valence-electron chi connectivity index (χ4n) is 3.08. The molecule has 0 bridgehead atoms. The summed E-state index contributed by atoms with van der Waals surface area (Å²) in [6.45, 7) is 2.06. The number of hydrogen-bond donors (Lipinski definition) is 0. The maximum absolute atomic E-state index is 12.4. The van der Waals surface area contributed by atoms with Crippen LogP contribution < -0.4 is 4.74 Å². The number of hydrogen-bond acceptors (Lipinski definition) is 6. The average Bonchev–Trinajstić information content (AvgIpc) is 3.08. The molecule has 1 aliphatic rings. The number of aromatic nitrogens is 2. The molecule has 1 aliphatic heterocycles. The monoisotopic (exact) mass is 365 g/mol. The maximum atomic E-state index is 12.4. The number of non-ortho nitro benzene ring substituents is 1. The number of nitrogens with zero attached hydrogens (tertiary/aromatic N) is 3. The highest BCUT2D eigenvalue weighted by Gasteiger charge is 2.31. The van der Waals surface area contributed by atoms with Gasteiger partial charge in [-0.25, -0.2) is 9.48 Å². The molecule has 2 heterocycles. The van der Waals surface area contributed by atoms with Crippen LogP contribution in [0.2, 0.25) is 0 Å². The summed E-state index contributed by atoms with van der Waals surface area (Å²) in [6, 6.07) is 13.6. The summed E-state index contributed by atoms with van der Waals surface area (Å²) < 4.78 is 12.4. The Balaban J connectivity index is 1.98. The van der Waals surface area contributed by atoms with E-state index < -0.39 is 10.9 Å². The molecule has 4 rings (SSSR count). The van der Waals surface area contributed by atoms with Gasteiger partial charge >= 0.3 is 5.97 Å². The van der Waals surface area contributed by atoms with Crippen LogP contribution in [0.5, 0.6) is 5.75 Å². The molecule has 0 radical (unpaired) electrons. The van der Waals surface area contributed by atoms with Gasteiger partial charge in [0, 0.05) is 17.7 Å². The summed E-state index contributed by atoms with van der Waals surface area (Å²) in [7, 11) is 0. The lowest BCUT2D eigenvalue weighted by molar-refractivity contribution is -0.384. The Morgan fingerprint density at radius 3 is 2.78 bits per heavy atom. The van der Waals surface area contributed by atoms with Crippen molar-refractivity contribution in [2.45, 2.75) is 13.5 Å². The van der Waals surface area contributed by atoms with Crippen molar-refractivity contribution in [1.29, 1.82) is 0 Å². The molecule has 0 N–H and O–H groups in total. The summed E-state index contributed by atoms with van der Waals surface area (Å²) in [5.41, 5.74) is 2.46. The lowest BCUT2D eigenvalue weighted by Crippen LogP contribution is -2.12. The van der Waals surface area contributed by atoms with Gasteiger partial charge in [0.2, 0.25) is 0 Å². The Bertz CT molecular complexity index is 1040. The van der Waals surface area contributed by atoms with Crippen LogP contribution in [0.4, 0.5) is 5.69 Å². The summed E-state index contributed by atoms with van der Waals surface area (Å²) >= 11 is 0. The number of para-hydroxylation sites is 1. The first-order valence-corrected chi connectivity index (χ1v) is 8.36. The molecule has 2 aromatic carbocycles. The second kappa shape index (κ2) is 6.56. The molecule has 27 heavy (non-hydrogen) atoms. The molecule has 0 fully saturated rings. The summed E-state index contributed by atoms with van der Waals surface area (Å²) in [5.74, 6) is -0.0542. The van der Waals surface area contributed by atoms with E-state index in [4.69, 9.17) is 9.47 Å². The SMILES string of the molecule is CCOC(=O)c1nn(-c2ccccc2)c2c1COc1ccc([N+](=O)[O-])cc1-2. The molecule has 1 aromatic heterocycles. The molecule has 8 heteroatoms. The lowest BCUT2D eigenvalue weighted by atomic mass is 10.0. The Morgan fingerprint density at radius 1 is 1.30 bits per heavy atom. The zero-order valence-corrected chi connectivity index (χ0v) is 14.4. The van der Waals surface area contributed by atoms with Gasteiger partial charge in [-0.05, 0) is 25.1 Å². The van der Waals surface area contributed by atoms with E-state index in [2.05, 4.69) is 5.10 Å². The summed E-state index contributed by atoms with van der Waals surface area (Å²) in [4.78, 5) is 23.1. The number of carbonyl (C=O) groups excluding carboxylic acids is 1. The molecule has 8 nitrogen and oxygen atoms in total. The van der Waals surface area contributed by atoms with Crippen LogP contribution >= 0.6 is 0 Å². The number of nitro benzene ring substituents is 1. The van der Waals surface area contributed by atoms with Gasteiger partial charge in [0.05, 0.1) is 28.5 Å². The van der Waals surface area contributed by atoms with E-state index in [-0.39, 0.29) is 24.6 Å². The molecule has 0 saturated carbocycles. The van der Waals surface area contributed by atoms with Gasteiger partial charge in [0.15, 0.2) is 5.69 Å². The predicted molar refractivity (Wildman–Crippen MR) is 95.9 cm³/mol. The smallest absolute Gasteiger partial charge is 0.359 e. The minimum absolute atomic E-state index is 0.0660. The van der Waals surface area contributed by atoms with E-state index >= 15 is 0 Å². The molecule has 0 spiro atoms. The normalized spacial score (nSPS) is 11.9. The van der Waals surface area contributed by atoms with Crippen molar-refractivity contribution in [3.05, 3.63) is 69.9 Å². The number of benzene rings is 2. The molecular weight excluding hydrogens is 350 g/mol. The predicted octanol–water partition coefficient (Wildman–Crippen LogP) is 3.52. The van der Waals surface area contributed by atoms with Crippen LogP contribution in [0.25, 0.3) is 16.9 Å². The van der Waals surface area contributed by atoms with Crippen molar-refractivity contribution in [2.75, 3.05) is 6.61 Å². The Morgan fingerprint density at radius 2 is 2.07 bits per heavy atom. The highest BCUT2D eigenvalue weighted by atomic mass is 16.6. The van der Waals surface area contributed by atoms with Crippen LogP contribution in [0.1, 0.15) is 23.0 Å². The molecule has 0 atom stereocenters. The van der Waals surface area contributed by atoms with E-state index in [0.717, 1.165) is 5.69 Å². The van der Waals surface area contributed by atoms with Crippen molar-refractivity contribution in [3.8, 4) is 22.7 Å². The number of nitro groups is 1.